The van der Waals surface area contributed by atoms with Crippen LogP contribution in [0.5, 0.6) is 0 Å². The molecule has 0 atom stereocenters. The van der Waals surface area contributed by atoms with Crippen LogP contribution in [0, 0.1) is 49.9 Å². The Hall–Kier alpha value is -11.2. The number of amides is 6. The second-order valence-corrected chi connectivity index (χ2v) is 29.8. The highest BCUT2D eigenvalue weighted by Crippen LogP contribution is 2.57. The zero-order valence-corrected chi connectivity index (χ0v) is 61.3. The molecule has 0 saturated carbocycles. The van der Waals surface area contributed by atoms with E-state index in [0.717, 1.165) is 16.7 Å². The summed E-state index contributed by atoms with van der Waals surface area (Å²) >= 11 is 0. The van der Waals surface area contributed by atoms with Gasteiger partial charge in [0.15, 0.2) is 17.5 Å². The number of nitrogens with zero attached hydrogens (tertiary/aromatic N) is 4. The second-order valence-electron chi connectivity index (χ2n) is 29.8. The Morgan fingerprint density at radius 3 is 0.660 bits per heavy atom. The third-order valence-electron chi connectivity index (χ3n) is 16.4. The quantitative estimate of drug-likeness (QED) is 0.0201. The molecule has 0 saturated heterocycles. The SMILES string of the molecule is CC(C)(C)C(OC(=O)NC(=O)[O-])(c1ccc(C(N)=NOCc2ccc(F)cc2)cc1)C(C)(C)C.CC(C)(C)C(OC(=O)NC(=O)[O-])(c1ccc(C(N)=NOCc2ccc(F)cc2)cc1)C(C)(C)C.CC(C)(C)C(OC(=O)NC(=O)[O-])(c1ccc(C(N)=NOCc2ccc(F)cc2)cc1)C(C)(C)C.[N+3]. The van der Waals surface area contributed by atoms with Gasteiger partial charge in [0.25, 0.3) is 0 Å². The van der Waals surface area contributed by atoms with Crippen LogP contribution in [0.2, 0.25) is 0 Å². The Bertz CT molecular complexity index is 3480. The summed E-state index contributed by atoms with van der Waals surface area (Å²) in [6.45, 7) is 34.6. The minimum Gasteiger partial charge on any atom is -0.530 e. The van der Waals surface area contributed by atoms with Crippen molar-refractivity contribution in [1.82, 2.24) is 22.1 Å². The molecule has 6 aromatic carbocycles. The van der Waals surface area contributed by atoms with Crippen molar-refractivity contribution < 1.29 is 86.0 Å². The number of ether oxygens (including phenoxy) is 3. The smallest absolute Gasteiger partial charge is 0.530 e. The maximum Gasteiger partial charge on any atom is 3.00 e. The number of halogens is 3. The van der Waals surface area contributed by atoms with Gasteiger partial charge < -0.3 is 75.6 Å². The first-order valence-electron chi connectivity index (χ1n) is 32.1. The molecule has 0 aliphatic heterocycles. The molecule has 0 unspecified atom stereocenters. The Labute approximate surface area is 599 Å². The lowest BCUT2D eigenvalue weighted by molar-refractivity contribution is -0.251. The van der Waals surface area contributed by atoms with E-state index < -0.39 is 85.9 Å². The molecule has 6 rings (SSSR count). The summed E-state index contributed by atoms with van der Waals surface area (Å²) in [4.78, 5) is 85.4. The molecule has 2 radical (unpaired) electrons. The molecule has 0 aliphatic rings. The predicted molar refractivity (Wildman–Crippen MR) is 374 cm³/mol. The molecule has 0 bridgehead atoms. The number of amidine groups is 3. The van der Waals surface area contributed by atoms with Gasteiger partial charge in [0.05, 0.1) is 0 Å². The van der Waals surface area contributed by atoms with Gasteiger partial charge in [-0.3, -0.25) is 16.0 Å². The van der Waals surface area contributed by atoms with Crippen LogP contribution < -0.4 is 54.6 Å². The van der Waals surface area contributed by atoms with Crippen LogP contribution in [0.4, 0.5) is 41.9 Å². The summed E-state index contributed by atoms with van der Waals surface area (Å²) in [6.07, 6.45) is -8.61. The topological polar surface area (TPSA) is 409 Å². The predicted octanol–water partition coefficient (Wildman–Crippen LogP) is 11.6. The van der Waals surface area contributed by atoms with Crippen molar-refractivity contribution in [3.05, 3.63) is 213 Å². The highest BCUT2D eigenvalue weighted by Gasteiger charge is 3.00. The Morgan fingerprint density at radius 2 is 0.505 bits per heavy atom. The van der Waals surface area contributed by atoms with Crippen molar-refractivity contribution >= 4 is 54.1 Å². The van der Waals surface area contributed by atoms with Crippen LogP contribution in [0.25, 0.3) is 0 Å². The van der Waals surface area contributed by atoms with Gasteiger partial charge in [0, 0.05) is 49.2 Å². The van der Waals surface area contributed by atoms with Crippen LogP contribution in [0.15, 0.2) is 161 Å². The molecule has 25 nitrogen and oxygen atoms in total. The van der Waals surface area contributed by atoms with E-state index in [1.54, 1.807) is 125 Å². The largest absolute Gasteiger partial charge is 3.00 e. The van der Waals surface area contributed by atoms with Gasteiger partial charge in [0.1, 0.15) is 72.4 Å². The van der Waals surface area contributed by atoms with E-state index in [4.69, 9.17) is 45.9 Å². The van der Waals surface area contributed by atoms with E-state index in [1.165, 1.54) is 36.4 Å². The summed E-state index contributed by atoms with van der Waals surface area (Å²) in [6, 6.07) is 38.3. The fraction of sp³-hybridized carbons (Fsp3) is 0.400. The molecule has 0 fully saturated rings. The summed E-state index contributed by atoms with van der Waals surface area (Å²) in [5.41, 5.74) is 16.5. The molecule has 6 aromatic rings. The average Bonchev–Trinajstić information content (AvgIpc) is 0.748. The molecule has 0 heterocycles. The van der Waals surface area contributed by atoms with Gasteiger partial charge in [-0.2, -0.15) is 0 Å². The van der Waals surface area contributed by atoms with Crippen LogP contribution in [0.3, 0.4) is 0 Å². The molecular formula is C75H93F3N10O15. The van der Waals surface area contributed by atoms with E-state index >= 15 is 0 Å². The van der Waals surface area contributed by atoms with Crippen molar-refractivity contribution in [3.63, 3.8) is 0 Å². The summed E-state index contributed by atoms with van der Waals surface area (Å²) < 4.78 is 56.4. The van der Waals surface area contributed by atoms with E-state index in [0.29, 0.717) is 33.4 Å². The van der Waals surface area contributed by atoms with Gasteiger partial charge in [0.2, 0.25) is 0 Å². The average molecular weight is 1430 g/mol. The molecule has 103 heavy (non-hydrogen) atoms. The molecule has 6 amide bonds. The van der Waals surface area contributed by atoms with Gasteiger partial charge in [-0.25, -0.2) is 27.6 Å². The molecule has 0 spiro atoms. The standard InChI is InChI=1S/3C25H32FN3O5.N/c3*1-23(2,3)25(24(4,5)6,34-22(32)28-21(30)31)18-11-9-17(10-12-18)20(27)29-33-15-16-7-13-19(26)14-8-16;/h3*7-14H,15H2,1-6H3,(H2,27,29)(H,28,32)(H,30,31);/q;;;+3/p-3. The fourth-order valence-electron chi connectivity index (χ4n) is 12.9. The minimum absolute atomic E-state index is 0. The number of carboxylic acid groups (broad SMARTS) is 3. The van der Waals surface area contributed by atoms with Gasteiger partial charge >= 0.3 is 24.4 Å². The maximum absolute atomic E-state index is 13.0. The van der Waals surface area contributed by atoms with Crippen molar-refractivity contribution in [2.75, 3.05) is 0 Å². The Balaban J connectivity index is 0.000000399. The lowest BCUT2D eigenvalue weighted by Crippen LogP contribution is -2.56. The number of benzene rings is 6. The molecular weight excluding hydrogens is 1340 g/mol. The molecule has 28 heteroatoms. The van der Waals surface area contributed by atoms with Crippen molar-refractivity contribution in [1.29, 1.82) is 0 Å². The summed E-state index contributed by atoms with van der Waals surface area (Å²) in [7, 11) is 0. The van der Waals surface area contributed by atoms with Gasteiger partial charge in [-0.1, -0.05) is 249 Å². The first kappa shape index (κ1) is 86.1. The summed E-state index contributed by atoms with van der Waals surface area (Å²) in [5.74, 6) is -0.636. The van der Waals surface area contributed by atoms with Crippen LogP contribution in [0.1, 0.15) is 175 Å². The molecule has 0 aliphatic carbocycles. The lowest BCUT2D eigenvalue weighted by atomic mass is 9.59. The van der Waals surface area contributed by atoms with E-state index in [2.05, 4.69) is 15.5 Å². The van der Waals surface area contributed by atoms with E-state index in [-0.39, 0.29) is 60.9 Å². The van der Waals surface area contributed by atoms with Crippen molar-refractivity contribution in [3.8, 4) is 0 Å². The van der Waals surface area contributed by atoms with Gasteiger partial charge in [-0.15, -0.1) is 0 Å². The first-order chi connectivity index (χ1) is 47.0. The van der Waals surface area contributed by atoms with Crippen molar-refractivity contribution in [2.24, 2.45) is 65.2 Å². The Kier molecular flexibility index (Phi) is 29.2. The minimum atomic E-state index is -1.75. The van der Waals surface area contributed by atoms with E-state index in [1.807, 2.05) is 125 Å². The number of hydrogen-bond acceptors (Lipinski definition) is 18. The van der Waals surface area contributed by atoms with Gasteiger partial charge in [-0.05, 0) is 69.8 Å². The zero-order valence-electron chi connectivity index (χ0n) is 61.3. The fourth-order valence-corrected chi connectivity index (χ4v) is 12.9. The summed E-state index contributed by atoms with van der Waals surface area (Å²) in [5, 5.41) is 49.3. The van der Waals surface area contributed by atoms with Crippen molar-refractivity contribution in [2.45, 2.75) is 161 Å². The Morgan fingerprint density at radius 1 is 0.330 bits per heavy atom. The van der Waals surface area contributed by atoms with Crippen LogP contribution in [-0.4, -0.2) is 54.1 Å². The number of carbonyl (C=O) groups excluding carboxylic acids is 6. The van der Waals surface area contributed by atoms with E-state index in [9.17, 15) is 57.3 Å². The lowest BCUT2D eigenvalue weighted by Gasteiger charge is -2.52. The number of alkyl carbamates (subject to hydrolysis) is 3. The third kappa shape index (κ3) is 22.7. The first-order valence-corrected chi connectivity index (χ1v) is 32.1. The second kappa shape index (κ2) is 35.0. The monoisotopic (exact) mass is 1430 g/mol. The number of oxime groups is 3. The number of nitrogens with two attached hydrogens (primary N) is 3. The highest BCUT2D eigenvalue weighted by atomic mass is 19.1. The molecule has 554 valence electrons. The maximum atomic E-state index is 13.0. The number of imide groups is 3. The van der Waals surface area contributed by atoms with Crippen LogP contribution in [-0.2, 0) is 65.3 Å². The van der Waals surface area contributed by atoms with Crippen LogP contribution >= 0.6 is 0 Å². The third-order valence-corrected chi connectivity index (χ3v) is 16.4. The number of rotatable bonds is 18. The number of carbonyl (C=O) groups is 6. The zero-order chi connectivity index (χ0) is 77.2. The molecule has 9 N–H and O–H groups in total. The molecule has 0 aromatic heterocycles. The number of hydrogen-bond donors (Lipinski definition) is 6. The number of nitrogens with one attached hydrogen (secondary N) is 3. The normalized spacial score (nSPS) is 12.6. The highest BCUT2D eigenvalue weighted by molar-refractivity contribution is 5.98.